The maximum absolute atomic E-state index is 15.0. The molecular formula is C44H55Cl2N5O3. The number of anilines is 1. The number of piperidine rings is 1. The number of carbonyl (C=O) groups is 2. The zero-order chi connectivity index (χ0) is 39.2. The van der Waals surface area contributed by atoms with Gasteiger partial charge in [-0.25, -0.2) is 4.79 Å². The lowest BCUT2D eigenvalue weighted by Gasteiger charge is -2.38. The number of hydrogen-bond donors (Lipinski definition) is 0. The lowest BCUT2D eigenvalue weighted by atomic mass is 9.83. The molecule has 2 aromatic carbocycles. The van der Waals surface area contributed by atoms with Crippen LogP contribution >= 0.6 is 23.2 Å². The Morgan fingerprint density at radius 1 is 1.02 bits per heavy atom. The number of pyridine rings is 1. The van der Waals surface area contributed by atoms with Crippen LogP contribution in [-0.4, -0.2) is 64.8 Å². The number of nitrogens with zero attached hydrogens (tertiary/aromatic N) is 5. The molecule has 1 aliphatic heterocycles. The summed E-state index contributed by atoms with van der Waals surface area (Å²) in [7, 11) is 1.83. The van der Waals surface area contributed by atoms with Gasteiger partial charge in [0, 0.05) is 71.6 Å². The lowest BCUT2D eigenvalue weighted by molar-refractivity contribution is -0.119. The van der Waals surface area contributed by atoms with Gasteiger partial charge in [-0.2, -0.15) is 0 Å². The van der Waals surface area contributed by atoms with Gasteiger partial charge in [0.2, 0.25) is 5.91 Å². The Morgan fingerprint density at radius 2 is 1.72 bits per heavy atom. The number of rotatable bonds is 10. The highest BCUT2D eigenvalue weighted by Crippen LogP contribution is 2.35. The van der Waals surface area contributed by atoms with Gasteiger partial charge in [-0.1, -0.05) is 80.4 Å². The van der Waals surface area contributed by atoms with Gasteiger partial charge in [0.25, 0.3) is 0 Å². The number of amides is 3. The summed E-state index contributed by atoms with van der Waals surface area (Å²) in [4.78, 5) is 44.1. The number of benzene rings is 2. The van der Waals surface area contributed by atoms with E-state index in [1.165, 1.54) is 0 Å². The first-order valence-electron chi connectivity index (χ1n) is 19.0. The first-order valence-corrected chi connectivity index (χ1v) is 19.7. The number of aliphatic imine (C=N–C) groups is 1. The Bertz CT molecular complexity index is 1890. The molecule has 3 aromatic rings. The van der Waals surface area contributed by atoms with Crippen LogP contribution in [0.1, 0.15) is 89.6 Å². The Labute approximate surface area is 331 Å². The third-order valence-electron chi connectivity index (χ3n) is 10.4. The topological polar surface area (TPSA) is 78.3 Å². The van der Waals surface area contributed by atoms with Crippen LogP contribution < -0.4 is 9.64 Å². The number of urea groups is 1. The maximum Gasteiger partial charge on any atom is 0.325 e. The maximum atomic E-state index is 15.0. The summed E-state index contributed by atoms with van der Waals surface area (Å²) in [6.45, 7) is 16.2. The number of aryl methyl sites for hydroxylation is 1. The van der Waals surface area contributed by atoms with Gasteiger partial charge in [0.15, 0.2) is 0 Å². The molecule has 1 atom stereocenters. The second-order valence-electron chi connectivity index (χ2n) is 16.0. The number of ether oxygens (including phenoxy) is 1. The summed E-state index contributed by atoms with van der Waals surface area (Å²) < 4.78 is 6.31. The summed E-state index contributed by atoms with van der Waals surface area (Å²) >= 11 is 12.6. The molecule has 54 heavy (non-hydrogen) atoms. The highest BCUT2D eigenvalue weighted by Gasteiger charge is 2.36. The van der Waals surface area contributed by atoms with E-state index in [0.29, 0.717) is 53.3 Å². The van der Waals surface area contributed by atoms with Crippen molar-refractivity contribution in [2.24, 2.45) is 16.8 Å². The second kappa shape index (κ2) is 17.5. The molecule has 0 spiro atoms. The van der Waals surface area contributed by atoms with Crippen molar-refractivity contribution >= 4 is 46.7 Å². The summed E-state index contributed by atoms with van der Waals surface area (Å²) in [6.07, 6.45) is 10.4. The fourth-order valence-electron chi connectivity index (χ4n) is 6.90. The van der Waals surface area contributed by atoms with E-state index in [9.17, 15) is 4.79 Å². The van der Waals surface area contributed by atoms with Gasteiger partial charge in [-0.15, -0.1) is 0 Å². The average molecular weight is 773 g/mol. The molecule has 0 N–H and O–H groups in total. The van der Waals surface area contributed by atoms with Crippen molar-refractivity contribution in [2.75, 3.05) is 31.6 Å². The predicted octanol–water partition coefficient (Wildman–Crippen LogP) is 10.4. The average Bonchev–Trinajstić information content (AvgIpc) is 3.13. The van der Waals surface area contributed by atoms with E-state index in [1.54, 1.807) is 16.0 Å². The van der Waals surface area contributed by atoms with E-state index in [4.69, 9.17) is 37.9 Å². The van der Waals surface area contributed by atoms with Crippen LogP contribution in [0.3, 0.4) is 0 Å². The summed E-state index contributed by atoms with van der Waals surface area (Å²) in [5.41, 5.74) is 3.57. The van der Waals surface area contributed by atoms with Gasteiger partial charge in [-0.05, 0) is 94.3 Å². The molecule has 2 aliphatic rings. The van der Waals surface area contributed by atoms with Gasteiger partial charge in [0.05, 0.1) is 24.3 Å². The molecule has 1 aliphatic carbocycles. The zero-order valence-electron chi connectivity index (χ0n) is 33.0. The van der Waals surface area contributed by atoms with E-state index in [1.807, 2.05) is 92.5 Å². The van der Waals surface area contributed by atoms with E-state index in [-0.39, 0.29) is 35.7 Å². The van der Waals surface area contributed by atoms with E-state index < -0.39 is 5.54 Å². The molecular weight excluding hydrogens is 717 g/mol. The van der Waals surface area contributed by atoms with Crippen LogP contribution in [0.5, 0.6) is 5.75 Å². The molecule has 1 unspecified atom stereocenters. The molecule has 1 fully saturated rings. The van der Waals surface area contributed by atoms with Crippen molar-refractivity contribution in [1.82, 2.24) is 14.8 Å². The van der Waals surface area contributed by atoms with Crippen molar-refractivity contribution in [3.63, 3.8) is 0 Å². The molecule has 0 radical (unpaired) electrons. The van der Waals surface area contributed by atoms with Crippen LogP contribution in [0, 0.1) is 18.8 Å². The highest BCUT2D eigenvalue weighted by molar-refractivity contribution is 6.31. The van der Waals surface area contributed by atoms with Crippen molar-refractivity contribution in [2.45, 2.75) is 91.6 Å². The van der Waals surface area contributed by atoms with E-state index in [2.05, 4.69) is 40.7 Å². The third-order valence-corrected chi connectivity index (χ3v) is 10.9. The summed E-state index contributed by atoms with van der Waals surface area (Å²) in [5, 5.41) is 1.33. The van der Waals surface area contributed by atoms with Gasteiger partial charge in [0.1, 0.15) is 11.6 Å². The van der Waals surface area contributed by atoms with Gasteiger partial charge in [-0.3, -0.25) is 19.7 Å². The Morgan fingerprint density at radius 3 is 2.33 bits per heavy atom. The SMILES string of the molecule is CCOc1cc(C(C)(C)C)ncc1/C(=N/C(C)(C)C1C=CC(Cl)=CC1)N(Cc1ccc(Cl)cc1)C(=O)N1CCC(CC(=O)N(C)c2cccc(C)c2)CC1. The van der Waals surface area contributed by atoms with Crippen LogP contribution in [-0.2, 0) is 16.8 Å². The standard InChI is InChI=1S/C44H55Cl2N5O3/c1-9-54-38-27-39(43(3,4)5)47-28-37(38)41(48-44(6,7)33-15-19-35(46)20-16-33)51(29-32-13-17-34(45)18-14-32)42(53)50-23-21-31(22-24-50)26-40(52)49(8)36-12-10-11-30(2)25-36/h10-15,17-20,25,27-28,31,33H,9,16,21-24,26,29H2,1-8H3/b48-41-. The summed E-state index contributed by atoms with van der Waals surface area (Å²) in [5.74, 6) is 1.39. The van der Waals surface area contributed by atoms with E-state index in [0.717, 1.165) is 41.8 Å². The minimum absolute atomic E-state index is 0.0334. The third kappa shape index (κ3) is 10.3. The number of amidine groups is 1. The normalized spacial score (nSPS) is 16.9. The van der Waals surface area contributed by atoms with E-state index >= 15 is 4.79 Å². The quantitative estimate of drug-likeness (QED) is 0.152. The fourth-order valence-corrected chi connectivity index (χ4v) is 7.19. The smallest absolute Gasteiger partial charge is 0.325 e. The first kappa shape index (κ1) is 41.0. The predicted molar refractivity (Wildman–Crippen MR) is 222 cm³/mol. The molecule has 1 saturated heterocycles. The first-order chi connectivity index (χ1) is 25.5. The van der Waals surface area contributed by atoms with Crippen LogP contribution in [0.4, 0.5) is 10.5 Å². The molecule has 288 valence electrons. The summed E-state index contributed by atoms with van der Waals surface area (Å²) in [6, 6.07) is 17.3. The monoisotopic (exact) mass is 771 g/mol. The molecule has 5 rings (SSSR count). The van der Waals surface area contributed by atoms with Gasteiger partial charge >= 0.3 is 6.03 Å². The molecule has 0 saturated carbocycles. The number of aromatic nitrogens is 1. The molecule has 1 aromatic heterocycles. The molecule has 0 bridgehead atoms. The number of allylic oxidation sites excluding steroid dienone is 3. The van der Waals surface area contributed by atoms with Gasteiger partial charge < -0.3 is 14.5 Å². The molecule has 8 nitrogen and oxygen atoms in total. The molecule has 3 amide bonds. The number of carbonyl (C=O) groups excluding carboxylic acids is 2. The minimum atomic E-state index is -0.638. The van der Waals surface area contributed by atoms with Crippen molar-refractivity contribution in [1.29, 1.82) is 0 Å². The number of likely N-dealkylation sites (tertiary alicyclic amines) is 1. The number of hydrogen-bond acceptors (Lipinski definition) is 5. The van der Waals surface area contributed by atoms with Crippen LogP contribution in [0.25, 0.3) is 0 Å². The molecule has 2 heterocycles. The lowest BCUT2D eigenvalue weighted by Crippen LogP contribution is -2.50. The minimum Gasteiger partial charge on any atom is -0.493 e. The second-order valence-corrected chi connectivity index (χ2v) is 16.9. The number of halogens is 2. The Balaban J connectivity index is 1.51. The molecule has 10 heteroatoms. The van der Waals surface area contributed by atoms with Crippen LogP contribution in [0.15, 0.2) is 89.0 Å². The van der Waals surface area contributed by atoms with Crippen LogP contribution in [0.2, 0.25) is 5.02 Å². The largest absolute Gasteiger partial charge is 0.493 e. The zero-order valence-corrected chi connectivity index (χ0v) is 34.5. The van der Waals surface area contributed by atoms with Crippen molar-refractivity contribution in [3.05, 3.63) is 111 Å². The van der Waals surface area contributed by atoms with Crippen molar-refractivity contribution < 1.29 is 14.3 Å². The van der Waals surface area contributed by atoms with Crippen molar-refractivity contribution in [3.8, 4) is 5.75 Å². The highest BCUT2D eigenvalue weighted by atomic mass is 35.5. The Hall–Kier alpha value is -4.14. The fraction of sp³-hybridized carbons (Fsp3) is 0.455. The Kier molecular flexibility index (Phi) is 13.3.